The highest BCUT2D eigenvalue weighted by atomic mass is 14.2. The fourth-order valence-electron chi connectivity index (χ4n) is 0.962. The topological polar surface area (TPSA) is 0 Å². The maximum atomic E-state index is 2.28. The molecular formula is C11H20. The molecule has 0 saturated carbocycles. The zero-order chi connectivity index (χ0) is 8.91. The first-order chi connectivity index (χ1) is 5.13. The summed E-state index contributed by atoms with van der Waals surface area (Å²) in [7, 11) is 0. The van der Waals surface area contributed by atoms with Crippen LogP contribution in [-0.4, -0.2) is 0 Å². The highest BCUT2D eigenvalue weighted by Gasteiger charge is 2.19. The van der Waals surface area contributed by atoms with Crippen LogP contribution in [0.4, 0.5) is 0 Å². The fourth-order valence-corrected chi connectivity index (χ4v) is 0.962. The molecule has 0 atom stereocenters. The van der Waals surface area contributed by atoms with Gasteiger partial charge in [-0.2, -0.15) is 0 Å². The Balaban J connectivity index is 0.000000461. The van der Waals surface area contributed by atoms with Gasteiger partial charge in [-0.3, -0.25) is 0 Å². The van der Waals surface area contributed by atoms with Crippen molar-refractivity contribution in [3.63, 3.8) is 0 Å². The highest BCUT2D eigenvalue weighted by molar-refractivity contribution is 5.22. The van der Waals surface area contributed by atoms with Crippen LogP contribution in [0.5, 0.6) is 0 Å². The maximum Gasteiger partial charge on any atom is -0.0110 e. The van der Waals surface area contributed by atoms with Gasteiger partial charge in [0.2, 0.25) is 0 Å². The Morgan fingerprint density at radius 3 is 2.09 bits per heavy atom. The van der Waals surface area contributed by atoms with Gasteiger partial charge in [0.15, 0.2) is 0 Å². The lowest BCUT2D eigenvalue weighted by molar-refractivity contribution is 0.449. The highest BCUT2D eigenvalue weighted by Crippen LogP contribution is 2.32. The Kier molecular flexibility index (Phi) is 4.17. The molecule has 11 heavy (non-hydrogen) atoms. The maximum absolute atomic E-state index is 2.28. The summed E-state index contributed by atoms with van der Waals surface area (Å²) in [6.07, 6.45) is 7.76. The lowest BCUT2D eigenvalue weighted by Gasteiger charge is -2.26. The van der Waals surface area contributed by atoms with Crippen LogP contribution in [0.2, 0.25) is 0 Å². The summed E-state index contributed by atoms with van der Waals surface area (Å²) in [5, 5.41) is 0. The lowest BCUT2D eigenvalue weighted by Crippen LogP contribution is -2.13. The molecule has 64 valence electrons. The Bertz CT molecular complexity index is 159. The molecule has 0 heteroatoms. The molecule has 1 aliphatic rings. The number of hydrogen-bond acceptors (Lipinski definition) is 0. The van der Waals surface area contributed by atoms with Crippen molar-refractivity contribution in [1.29, 1.82) is 0 Å². The van der Waals surface area contributed by atoms with Gasteiger partial charge >= 0.3 is 0 Å². The summed E-state index contributed by atoms with van der Waals surface area (Å²) in [4.78, 5) is 0. The van der Waals surface area contributed by atoms with E-state index in [1.54, 1.807) is 0 Å². The zero-order valence-corrected chi connectivity index (χ0v) is 8.44. The molecule has 1 rings (SSSR count). The minimum atomic E-state index is 0.411. The first-order valence-electron chi connectivity index (χ1n) is 4.47. The van der Waals surface area contributed by atoms with Gasteiger partial charge in [-0.1, -0.05) is 51.5 Å². The lowest BCUT2D eigenvalue weighted by atomic mass is 9.79. The van der Waals surface area contributed by atoms with Crippen LogP contribution < -0.4 is 0 Å². The molecule has 0 saturated heterocycles. The minimum absolute atomic E-state index is 0.411. The van der Waals surface area contributed by atoms with Crippen LogP contribution in [0, 0.1) is 5.41 Å². The molecule has 0 amide bonds. The first-order valence-corrected chi connectivity index (χ1v) is 4.47. The number of rotatable bonds is 0. The van der Waals surface area contributed by atoms with Crippen LogP contribution in [0.1, 0.15) is 41.0 Å². The van der Waals surface area contributed by atoms with Crippen LogP contribution in [0.15, 0.2) is 23.8 Å². The molecule has 0 bridgehead atoms. The third-order valence-electron chi connectivity index (χ3n) is 2.18. The SMILES string of the molecule is CC.CC1=CC=CCC1(C)C. The summed E-state index contributed by atoms with van der Waals surface area (Å²) in [6.45, 7) is 10.8. The van der Waals surface area contributed by atoms with Crippen molar-refractivity contribution >= 4 is 0 Å². The van der Waals surface area contributed by atoms with Gasteiger partial charge in [-0.05, 0) is 18.8 Å². The van der Waals surface area contributed by atoms with Gasteiger partial charge in [0.1, 0.15) is 0 Å². The molecule has 0 nitrogen and oxygen atoms in total. The summed E-state index contributed by atoms with van der Waals surface area (Å²) >= 11 is 0. The third-order valence-corrected chi connectivity index (χ3v) is 2.18. The molecule has 0 aliphatic heterocycles. The van der Waals surface area contributed by atoms with E-state index in [4.69, 9.17) is 0 Å². The van der Waals surface area contributed by atoms with Gasteiger partial charge in [0.05, 0.1) is 0 Å². The van der Waals surface area contributed by atoms with E-state index < -0.39 is 0 Å². The van der Waals surface area contributed by atoms with Crippen LogP contribution in [-0.2, 0) is 0 Å². The Labute approximate surface area is 71.0 Å². The molecule has 0 unspecified atom stereocenters. The molecule has 0 heterocycles. The molecular weight excluding hydrogens is 132 g/mol. The van der Waals surface area contributed by atoms with E-state index in [9.17, 15) is 0 Å². The smallest absolute Gasteiger partial charge is 0.0110 e. The number of allylic oxidation sites excluding steroid dienone is 4. The van der Waals surface area contributed by atoms with E-state index in [1.807, 2.05) is 13.8 Å². The van der Waals surface area contributed by atoms with E-state index in [2.05, 4.69) is 39.0 Å². The van der Waals surface area contributed by atoms with Gasteiger partial charge in [-0.25, -0.2) is 0 Å². The van der Waals surface area contributed by atoms with Crippen molar-refractivity contribution in [1.82, 2.24) is 0 Å². The summed E-state index contributed by atoms with van der Waals surface area (Å²) < 4.78 is 0. The largest absolute Gasteiger partial charge is 0.0837 e. The van der Waals surface area contributed by atoms with Crippen molar-refractivity contribution in [2.45, 2.75) is 41.0 Å². The quantitative estimate of drug-likeness (QED) is 0.493. The summed E-state index contributed by atoms with van der Waals surface area (Å²) in [5.41, 5.74) is 1.90. The predicted molar refractivity (Wildman–Crippen MR) is 52.6 cm³/mol. The van der Waals surface area contributed by atoms with E-state index in [-0.39, 0.29) is 0 Å². The van der Waals surface area contributed by atoms with Crippen molar-refractivity contribution in [3.8, 4) is 0 Å². The molecule has 0 N–H and O–H groups in total. The van der Waals surface area contributed by atoms with Gasteiger partial charge < -0.3 is 0 Å². The first kappa shape index (κ1) is 10.5. The predicted octanol–water partition coefficient (Wildman–Crippen LogP) is 3.95. The molecule has 0 fully saturated rings. The van der Waals surface area contributed by atoms with Crippen molar-refractivity contribution < 1.29 is 0 Å². The van der Waals surface area contributed by atoms with Gasteiger partial charge in [-0.15, -0.1) is 0 Å². The second kappa shape index (κ2) is 4.38. The summed E-state index contributed by atoms with van der Waals surface area (Å²) in [5.74, 6) is 0. The second-order valence-corrected chi connectivity index (χ2v) is 3.37. The van der Waals surface area contributed by atoms with Gasteiger partial charge in [0.25, 0.3) is 0 Å². The van der Waals surface area contributed by atoms with Crippen LogP contribution in [0.3, 0.4) is 0 Å². The Morgan fingerprint density at radius 1 is 1.27 bits per heavy atom. The molecule has 0 aromatic carbocycles. The zero-order valence-electron chi connectivity index (χ0n) is 8.44. The van der Waals surface area contributed by atoms with Crippen LogP contribution >= 0.6 is 0 Å². The molecule has 1 aliphatic carbocycles. The second-order valence-electron chi connectivity index (χ2n) is 3.37. The average Bonchev–Trinajstić information content (AvgIpc) is 2.00. The molecule has 0 aromatic heterocycles. The summed E-state index contributed by atoms with van der Waals surface area (Å²) in [6, 6.07) is 0. The van der Waals surface area contributed by atoms with E-state index in [0.29, 0.717) is 5.41 Å². The van der Waals surface area contributed by atoms with E-state index >= 15 is 0 Å². The van der Waals surface area contributed by atoms with E-state index in [0.717, 1.165) is 0 Å². The molecule has 0 spiro atoms. The van der Waals surface area contributed by atoms with Crippen LogP contribution in [0.25, 0.3) is 0 Å². The van der Waals surface area contributed by atoms with Crippen molar-refractivity contribution in [3.05, 3.63) is 23.8 Å². The van der Waals surface area contributed by atoms with Crippen molar-refractivity contribution in [2.24, 2.45) is 5.41 Å². The molecule has 0 aromatic rings. The van der Waals surface area contributed by atoms with Gasteiger partial charge in [0, 0.05) is 0 Å². The van der Waals surface area contributed by atoms with E-state index in [1.165, 1.54) is 12.0 Å². The Hall–Kier alpha value is -0.520. The molecule has 0 radical (unpaired) electrons. The third kappa shape index (κ3) is 2.92. The standard InChI is InChI=1S/C9H14.C2H6/c1-8-6-4-5-7-9(8,2)3;1-2/h4-6H,7H2,1-3H3;1-2H3. The fraction of sp³-hybridized carbons (Fsp3) is 0.636. The minimum Gasteiger partial charge on any atom is -0.0837 e. The van der Waals surface area contributed by atoms with Crippen molar-refractivity contribution in [2.75, 3.05) is 0 Å². The normalized spacial score (nSPS) is 19.9. The number of hydrogen-bond donors (Lipinski definition) is 0. The Morgan fingerprint density at radius 2 is 1.82 bits per heavy atom. The average molecular weight is 152 g/mol. The monoisotopic (exact) mass is 152 g/mol.